The average molecular weight is 380 g/mol. The smallest absolute Gasteiger partial charge is 1.00 e. The van der Waals surface area contributed by atoms with Gasteiger partial charge in [0.25, 0.3) is 0 Å². The molecule has 0 radical (unpaired) electrons. The molecule has 1 aliphatic carbocycles. The van der Waals surface area contributed by atoms with Gasteiger partial charge in [0, 0.05) is 0 Å². The summed E-state index contributed by atoms with van der Waals surface area (Å²) in [6, 6.07) is 4.69. The van der Waals surface area contributed by atoms with Crippen LogP contribution in [0.1, 0.15) is 36.1 Å². The van der Waals surface area contributed by atoms with E-state index in [1.165, 1.54) is 22.3 Å². The summed E-state index contributed by atoms with van der Waals surface area (Å²) in [5.74, 6) is 0. The first-order chi connectivity index (χ1) is 8.28. The minimum atomic E-state index is 0. The van der Waals surface area contributed by atoms with E-state index >= 15 is 0 Å². The van der Waals surface area contributed by atoms with Crippen LogP contribution in [0.4, 0.5) is 0 Å². The zero-order valence-electron chi connectivity index (χ0n) is 13.1. The Morgan fingerprint density at radius 2 is 1.24 bits per heavy atom. The Hall–Kier alpha value is 0.284. The average Bonchev–Trinajstić information content (AvgIpc) is 2.72. The molecule has 0 N–H and O–H groups in total. The maximum absolute atomic E-state index is 2.37. The summed E-state index contributed by atoms with van der Waals surface area (Å²) >= 11 is 2.32. The number of halogens is 3. The van der Waals surface area contributed by atoms with E-state index in [9.17, 15) is 0 Å². The minimum absolute atomic E-state index is 0. The Balaban J connectivity index is 0. The van der Waals surface area contributed by atoms with E-state index in [2.05, 4.69) is 91.5 Å². The van der Waals surface area contributed by atoms with Crippen LogP contribution in [0, 0.1) is 20.8 Å². The summed E-state index contributed by atoms with van der Waals surface area (Å²) < 4.78 is 0.111. The molecule has 0 spiro atoms. The standard InChI is InChI=1S/C17H21.3ClH.Ti/c1-12-10-14(3)16(11-13(12)2)17(4,5)15-8-6-7-9-15;;;;/h6-11H,1-5H3;3*1H;/q;;;;+3/p-3. The van der Waals surface area contributed by atoms with Crippen molar-refractivity contribution in [1.29, 1.82) is 0 Å². The molecule has 1 aromatic carbocycles. The van der Waals surface area contributed by atoms with Crippen LogP contribution >= 0.6 is 0 Å². The molecule has 0 amide bonds. The van der Waals surface area contributed by atoms with Gasteiger partial charge in [-0.15, -0.1) is 0 Å². The van der Waals surface area contributed by atoms with Crippen molar-refractivity contribution in [2.45, 2.75) is 43.8 Å². The van der Waals surface area contributed by atoms with E-state index in [0.717, 1.165) is 0 Å². The second-order valence-corrected chi connectivity index (χ2v) is 7.26. The van der Waals surface area contributed by atoms with E-state index < -0.39 is 0 Å². The Morgan fingerprint density at radius 3 is 1.71 bits per heavy atom. The zero-order chi connectivity index (χ0) is 13.6. The fourth-order valence-corrected chi connectivity index (χ4v) is 3.25. The summed E-state index contributed by atoms with van der Waals surface area (Å²) in [7, 11) is 0. The third-order valence-electron chi connectivity index (χ3n) is 4.38. The SMILES string of the molecule is Cc1cc(C)c(C(C)(C)[C]2([Ti+3])C=CC=C2)cc1C.[Cl-].[Cl-].[Cl-]. The van der Waals surface area contributed by atoms with Crippen LogP contribution < -0.4 is 37.2 Å². The number of hydrogen-bond donors (Lipinski definition) is 0. The van der Waals surface area contributed by atoms with Crippen molar-refractivity contribution >= 4 is 0 Å². The second-order valence-electron chi connectivity index (χ2n) is 5.96. The van der Waals surface area contributed by atoms with Gasteiger partial charge in [0.05, 0.1) is 0 Å². The molecule has 0 atom stereocenters. The molecule has 0 saturated heterocycles. The molecule has 0 saturated carbocycles. The van der Waals surface area contributed by atoms with Gasteiger partial charge in [-0.1, -0.05) is 0 Å². The molecule has 0 nitrogen and oxygen atoms in total. The van der Waals surface area contributed by atoms with Crippen LogP contribution in [0.25, 0.3) is 0 Å². The van der Waals surface area contributed by atoms with Gasteiger partial charge in [0.15, 0.2) is 0 Å². The van der Waals surface area contributed by atoms with Crippen LogP contribution in [-0.2, 0) is 25.9 Å². The summed E-state index contributed by atoms with van der Waals surface area (Å²) in [5, 5.41) is 0. The monoisotopic (exact) mass is 378 g/mol. The quantitative estimate of drug-likeness (QED) is 0.457. The summed E-state index contributed by atoms with van der Waals surface area (Å²) in [6.45, 7) is 11.3. The first kappa shape index (κ1) is 23.5. The van der Waals surface area contributed by atoms with Crippen molar-refractivity contribution in [3.8, 4) is 0 Å². The molecule has 0 bridgehead atoms. The molecule has 0 aliphatic heterocycles. The van der Waals surface area contributed by atoms with Gasteiger partial charge in [-0.05, 0) is 0 Å². The van der Waals surface area contributed by atoms with Gasteiger partial charge < -0.3 is 37.2 Å². The summed E-state index contributed by atoms with van der Waals surface area (Å²) in [5.41, 5.74) is 5.74. The van der Waals surface area contributed by atoms with Gasteiger partial charge >= 0.3 is 123 Å². The largest absolute Gasteiger partial charge is 1.00 e. The molecule has 0 unspecified atom stereocenters. The fourth-order valence-electron chi connectivity index (χ4n) is 2.74. The Kier molecular flexibility index (Phi) is 9.22. The normalized spacial score (nSPS) is 15.0. The van der Waals surface area contributed by atoms with Crippen LogP contribution in [0.2, 0.25) is 3.72 Å². The Morgan fingerprint density at radius 1 is 0.810 bits per heavy atom. The number of allylic oxidation sites excluding steroid dienone is 4. The number of benzene rings is 1. The van der Waals surface area contributed by atoms with Crippen molar-refractivity contribution < 1.29 is 57.7 Å². The summed E-state index contributed by atoms with van der Waals surface area (Å²) in [6.07, 6.45) is 8.97. The van der Waals surface area contributed by atoms with Gasteiger partial charge in [0.1, 0.15) is 0 Å². The first-order valence-corrected chi connectivity index (χ1v) is 7.26. The number of hydrogen-bond acceptors (Lipinski definition) is 0. The molecular weight excluding hydrogens is 358 g/mol. The van der Waals surface area contributed by atoms with Crippen molar-refractivity contribution in [3.05, 3.63) is 58.7 Å². The minimum Gasteiger partial charge on any atom is -1.00 e. The topological polar surface area (TPSA) is 0 Å². The zero-order valence-corrected chi connectivity index (χ0v) is 16.9. The van der Waals surface area contributed by atoms with Crippen LogP contribution in [0.5, 0.6) is 0 Å². The number of rotatable bonds is 2. The Bertz CT molecular complexity index is 533. The van der Waals surface area contributed by atoms with E-state index in [-0.39, 0.29) is 46.4 Å². The third kappa shape index (κ3) is 4.18. The van der Waals surface area contributed by atoms with Crippen molar-refractivity contribution in [1.82, 2.24) is 0 Å². The molecule has 0 fully saturated rings. The maximum Gasteiger partial charge on any atom is -1.00 e. The van der Waals surface area contributed by atoms with Crippen LogP contribution in [-0.4, -0.2) is 0 Å². The molecule has 1 aromatic rings. The first-order valence-electron chi connectivity index (χ1n) is 6.48. The van der Waals surface area contributed by atoms with E-state index in [0.29, 0.717) is 0 Å². The van der Waals surface area contributed by atoms with Crippen molar-refractivity contribution in [2.75, 3.05) is 0 Å². The molecule has 114 valence electrons. The molecule has 0 heterocycles. The van der Waals surface area contributed by atoms with Gasteiger partial charge in [-0.25, -0.2) is 0 Å². The van der Waals surface area contributed by atoms with Crippen LogP contribution in [0.3, 0.4) is 0 Å². The molecule has 0 aromatic heterocycles. The molecule has 1 aliphatic rings. The van der Waals surface area contributed by atoms with E-state index in [4.69, 9.17) is 0 Å². The molecule has 21 heavy (non-hydrogen) atoms. The maximum atomic E-state index is 2.37. The van der Waals surface area contributed by atoms with Crippen molar-refractivity contribution in [3.63, 3.8) is 0 Å². The number of aryl methyl sites for hydroxylation is 3. The third-order valence-corrected chi connectivity index (χ3v) is 5.87. The fraction of sp³-hybridized carbons (Fsp3) is 0.412. The van der Waals surface area contributed by atoms with E-state index in [1.807, 2.05) is 0 Å². The molecule has 4 heteroatoms. The molecule has 2 rings (SSSR count). The predicted octanol–water partition coefficient (Wildman–Crippen LogP) is -4.27. The predicted molar refractivity (Wildman–Crippen MR) is 74.7 cm³/mol. The van der Waals surface area contributed by atoms with Gasteiger partial charge in [0.2, 0.25) is 0 Å². The van der Waals surface area contributed by atoms with Crippen molar-refractivity contribution in [2.24, 2.45) is 0 Å². The van der Waals surface area contributed by atoms with Gasteiger partial charge in [-0.2, -0.15) is 0 Å². The van der Waals surface area contributed by atoms with Crippen LogP contribution in [0.15, 0.2) is 36.4 Å². The molecular formula is C17H21Cl3Ti. The van der Waals surface area contributed by atoms with Gasteiger partial charge in [-0.3, -0.25) is 0 Å². The second kappa shape index (κ2) is 8.22. The van der Waals surface area contributed by atoms with E-state index in [1.54, 1.807) is 0 Å². The Labute approximate surface area is 159 Å². The summed E-state index contributed by atoms with van der Waals surface area (Å²) in [4.78, 5) is 0.